The summed E-state index contributed by atoms with van der Waals surface area (Å²) >= 11 is 0. The summed E-state index contributed by atoms with van der Waals surface area (Å²) in [5.74, 6) is 0. The zero-order valence-corrected chi connectivity index (χ0v) is 9.97. The fraction of sp³-hybridized carbons (Fsp3) is 1.00. The number of hydrogen-bond donors (Lipinski definition) is 0. The second kappa shape index (κ2) is 7.24. The molecule has 1 saturated heterocycles. The van der Waals surface area contributed by atoms with Crippen LogP contribution >= 0.6 is 0 Å². The highest BCUT2D eigenvalue weighted by Crippen LogP contribution is 2.09. The third-order valence-electron chi connectivity index (χ3n) is 2.93. The largest absolute Gasteiger partial charge is 0.291 e. The topological polar surface area (TPSA) is 6.48 Å². The van der Waals surface area contributed by atoms with Crippen LogP contribution in [0.2, 0.25) is 0 Å². The van der Waals surface area contributed by atoms with Crippen LogP contribution in [-0.2, 0) is 0 Å². The van der Waals surface area contributed by atoms with Gasteiger partial charge >= 0.3 is 0 Å². The number of hydrogen-bond acceptors (Lipinski definition) is 2. The summed E-state index contributed by atoms with van der Waals surface area (Å²) in [6, 6.07) is 0. The highest BCUT2D eigenvalue weighted by Gasteiger charge is 2.12. The maximum absolute atomic E-state index is 2.62. The van der Waals surface area contributed by atoms with Crippen LogP contribution in [0.5, 0.6) is 0 Å². The number of nitrogens with zero attached hydrogens (tertiary/aromatic N) is 2. The first-order chi connectivity index (χ1) is 6.86. The van der Waals surface area contributed by atoms with Crippen molar-refractivity contribution in [2.75, 3.05) is 32.8 Å². The SMILES string of the molecule is CCCN(CCC)CN1CCCCC1. The highest BCUT2D eigenvalue weighted by molar-refractivity contribution is 4.65. The van der Waals surface area contributed by atoms with Gasteiger partial charge in [-0.25, -0.2) is 0 Å². The van der Waals surface area contributed by atoms with E-state index in [-0.39, 0.29) is 0 Å². The standard InChI is InChI=1S/C12H26N2/c1-3-8-13(9-4-2)12-14-10-6-5-7-11-14/h3-12H2,1-2H3. The molecule has 0 aromatic carbocycles. The molecule has 0 aromatic rings. The summed E-state index contributed by atoms with van der Waals surface area (Å²) in [6.45, 7) is 10.9. The minimum absolute atomic E-state index is 1.21. The van der Waals surface area contributed by atoms with E-state index in [9.17, 15) is 0 Å². The van der Waals surface area contributed by atoms with Crippen molar-refractivity contribution >= 4 is 0 Å². The number of rotatable bonds is 6. The second-order valence-corrected chi connectivity index (χ2v) is 4.44. The average Bonchev–Trinajstić information content (AvgIpc) is 2.20. The normalized spacial score (nSPS) is 19.1. The van der Waals surface area contributed by atoms with Gasteiger partial charge in [-0.05, 0) is 51.9 Å². The molecule has 0 saturated carbocycles. The molecule has 0 radical (unpaired) electrons. The third kappa shape index (κ3) is 4.43. The second-order valence-electron chi connectivity index (χ2n) is 4.44. The minimum atomic E-state index is 1.21. The Bertz CT molecular complexity index is 124. The van der Waals surface area contributed by atoms with E-state index in [1.54, 1.807) is 0 Å². The van der Waals surface area contributed by atoms with Crippen molar-refractivity contribution in [3.63, 3.8) is 0 Å². The van der Waals surface area contributed by atoms with Gasteiger partial charge in [-0.1, -0.05) is 20.3 Å². The summed E-state index contributed by atoms with van der Waals surface area (Å²) in [5.41, 5.74) is 0. The lowest BCUT2D eigenvalue weighted by Crippen LogP contribution is -2.41. The van der Waals surface area contributed by atoms with Crippen molar-refractivity contribution in [2.24, 2.45) is 0 Å². The molecule has 0 atom stereocenters. The molecule has 1 fully saturated rings. The fourth-order valence-electron chi connectivity index (χ4n) is 2.27. The van der Waals surface area contributed by atoms with Crippen molar-refractivity contribution in [1.82, 2.24) is 9.80 Å². The zero-order chi connectivity index (χ0) is 10.2. The van der Waals surface area contributed by atoms with Gasteiger partial charge in [-0.15, -0.1) is 0 Å². The first-order valence-corrected chi connectivity index (χ1v) is 6.31. The van der Waals surface area contributed by atoms with E-state index in [1.165, 1.54) is 65.0 Å². The van der Waals surface area contributed by atoms with Crippen LogP contribution in [0.4, 0.5) is 0 Å². The summed E-state index contributed by atoms with van der Waals surface area (Å²) in [6.07, 6.45) is 6.83. The Morgan fingerprint density at radius 1 is 0.929 bits per heavy atom. The molecule has 14 heavy (non-hydrogen) atoms. The number of piperidine rings is 1. The molecule has 0 amide bonds. The fourth-order valence-corrected chi connectivity index (χ4v) is 2.27. The average molecular weight is 198 g/mol. The van der Waals surface area contributed by atoms with Crippen LogP contribution in [0.1, 0.15) is 46.0 Å². The lowest BCUT2D eigenvalue weighted by Gasteiger charge is -2.32. The Hall–Kier alpha value is -0.0800. The zero-order valence-electron chi connectivity index (χ0n) is 9.97. The van der Waals surface area contributed by atoms with E-state index in [1.807, 2.05) is 0 Å². The Morgan fingerprint density at radius 2 is 1.50 bits per heavy atom. The molecule has 0 unspecified atom stereocenters. The Balaban J connectivity index is 2.21. The van der Waals surface area contributed by atoms with Crippen molar-refractivity contribution in [2.45, 2.75) is 46.0 Å². The lowest BCUT2D eigenvalue weighted by molar-refractivity contribution is 0.113. The smallest absolute Gasteiger partial charge is 0.0506 e. The van der Waals surface area contributed by atoms with Gasteiger partial charge in [0.2, 0.25) is 0 Å². The molecular formula is C12H26N2. The molecule has 0 aromatic heterocycles. The molecule has 1 aliphatic rings. The molecule has 2 heteroatoms. The Morgan fingerprint density at radius 3 is 2.00 bits per heavy atom. The van der Waals surface area contributed by atoms with Crippen LogP contribution < -0.4 is 0 Å². The van der Waals surface area contributed by atoms with Crippen LogP contribution in [0.15, 0.2) is 0 Å². The van der Waals surface area contributed by atoms with Gasteiger partial charge in [0.05, 0.1) is 6.67 Å². The first-order valence-electron chi connectivity index (χ1n) is 6.31. The summed E-state index contributed by atoms with van der Waals surface area (Å²) < 4.78 is 0. The predicted molar refractivity (Wildman–Crippen MR) is 62.4 cm³/mol. The van der Waals surface area contributed by atoms with Gasteiger partial charge in [0.25, 0.3) is 0 Å². The van der Waals surface area contributed by atoms with Gasteiger partial charge < -0.3 is 0 Å². The maximum atomic E-state index is 2.62. The predicted octanol–water partition coefficient (Wildman–Crippen LogP) is 2.55. The van der Waals surface area contributed by atoms with E-state index in [0.717, 1.165) is 0 Å². The lowest BCUT2D eigenvalue weighted by atomic mass is 10.1. The van der Waals surface area contributed by atoms with E-state index in [0.29, 0.717) is 0 Å². The van der Waals surface area contributed by atoms with Crippen molar-refractivity contribution < 1.29 is 0 Å². The van der Waals surface area contributed by atoms with Crippen LogP contribution in [0, 0.1) is 0 Å². The van der Waals surface area contributed by atoms with E-state index in [4.69, 9.17) is 0 Å². The van der Waals surface area contributed by atoms with Gasteiger partial charge in [0, 0.05) is 0 Å². The maximum Gasteiger partial charge on any atom is 0.0506 e. The number of likely N-dealkylation sites (tertiary alicyclic amines) is 1. The minimum Gasteiger partial charge on any atom is -0.291 e. The Kier molecular flexibility index (Phi) is 6.20. The molecule has 1 heterocycles. The van der Waals surface area contributed by atoms with E-state index < -0.39 is 0 Å². The highest BCUT2D eigenvalue weighted by atomic mass is 15.3. The van der Waals surface area contributed by atoms with E-state index >= 15 is 0 Å². The van der Waals surface area contributed by atoms with Gasteiger partial charge in [-0.3, -0.25) is 9.80 Å². The monoisotopic (exact) mass is 198 g/mol. The molecule has 0 bridgehead atoms. The quantitative estimate of drug-likeness (QED) is 0.647. The molecule has 0 spiro atoms. The van der Waals surface area contributed by atoms with Crippen LogP contribution in [0.25, 0.3) is 0 Å². The third-order valence-corrected chi connectivity index (χ3v) is 2.93. The molecule has 0 N–H and O–H groups in total. The Labute approximate surface area is 89.3 Å². The summed E-state index contributed by atoms with van der Waals surface area (Å²) in [7, 11) is 0. The van der Waals surface area contributed by atoms with Gasteiger partial charge in [0.15, 0.2) is 0 Å². The molecule has 84 valence electrons. The van der Waals surface area contributed by atoms with Crippen molar-refractivity contribution in [3.8, 4) is 0 Å². The molecular weight excluding hydrogens is 172 g/mol. The molecule has 1 rings (SSSR count). The van der Waals surface area contributed by atoms with Crippen molar-refractivity contribution in [3.05, 3.63) is 0 Å². The molecule has 1 aliphatic heterocycles. The first kappa shape index (κ1) is 12.0. The van der Waals surface area contributed by atoms with Gasteiger partial charge in [0.1, 0.15) is 0 Å². The summed E-state index contributed by atoms with van der Waals surface area (Å²) in [4.78, 5) is 5.22. The van der Waals surface area contributed by atoms with Crippen molar-refractivity contribution in [1.29, 1.82) is 0 Å². The summed E-state index contributed by atoms with van der Waals surface area (Å²) in [5, 5.41) is 0. The molecule has 0 aliphatic carbocycles. The molecule has 2 nitrogen and oxygen atoms in total. The van der Waals surface area contributed by atoms with Crippen LogP contribution in [-0.4, -0.2) is 42.6 Å². The van der Waals surface area contributed by atoms with E-state index in [2.05, 4.69) is 23.6 Å². The van der Waals surface area contributed by atoms with Crippen LogP contribution in [0.3, 0.4) is 0 Å². The van der Waals surface area contributed by atoms with Gasteiger partial charge in [-0.2, -0.15) is 0 Å².